The lowest BCUT2D eigenvalue weighted by Gasteiger charge is -2.09. The van der Waals surface area contributed by atoms with E-state index in [0.29, 0.717) is 10.8 Å². The third-order valence-electron chi connectivity index (χ3n) is 2.58. The van der Waals surface area contributed by atoms with Gasteiger partial charge in [-0.2, -0.15) is 0 Å². The van der Waals surface area contributed by atoms with Crippen LogP contribution in [0.1, 0.15) is 15.9 Å². The number of carbonyl (C=O) groups is 1. The van der Waals surface area contributed by atoms with Gasteiger partial charge in [0.25, 0.3) is 0 Å². The topological polar surface area (TPSA) is 26.3 Å². The minimum atomic E-state index is -0.642. The molecule has 0 aromatic heterocycles. The Balaban J connectivity index is 2.55. The van der Waals surface area contributed by atoms with Gasteiger partial charge in [0.15, 0.2) is 5.78 Å². The molecule has 0 N–H and O–H groups in total. The molecule has 0 aliphatic rings. The molecule has 0 atom stereocenters. The van der Waals surface area contributed by atoms with Crippen LogP contribution < -0.4 is 4.74 Å². The summed E-state index contributed by atoms with van der Waals surface area (Å²) in [7, 11) is 1.42. The number of rotatable bonds is 3. The van der Waals surface area contributed by atoms with Gasteiger partial charge in [-0.15, -0.1) is 0 Å². The zero-order valence-electron chi connectivity index (χ0n) is 9.91. The van der Waals surface area contributed by atoms with E-state index in [1.165, 1.54) is 25.3 Å². The van der Waals surface area contributed by atoms with E-state index >= 15 is 0 Å². The second-order valence-electron chi connectivity index (χ2n) is 3.80. The monoisotopic (exact) mass is 298 g/mol. The average molecular weight is 299 g/mol. The first kappa shape index (κ1) is 13.8. The molecule has 0 radical (unpaired) electrons. The molecule has 19 heavy (non-hydrogen) atoms. The normalized spacial score (nSPS) is 10.3. The lowest BCUT2D eigenvalue weighted by atomic mass is 10.0. The van der Waals surface area contributed by atoms with Gasteiger partial charge in [0.05, 0.1) is 18.2 Å². The number of benzene rings is 2. The molecule has 2 rings (SSSR count). The third-order valence-corrected chi connectivity index (χ3v) is 3.05. The van der Waals surface area contributed by atoms with E-state index in [2.05, 4.69) is 0 Å². The fraction of sp³-hybridized carbons (Fsp3) is 0.0714. The number of hydrogen-bond donors (Lipinski definition) is 0. The summed E-state index contributed by atoms with van der Waals surface area (Å²) < 4.78 is 18.8. The van der Waals surface area contributed by atoms with Gasteiger partial charge in [-0.25, -0.2) is 4.39 Å². The van der Waals surface area contributed by atoms with Crippen LogP contribution in [0.15, 0.2) is 36.4 Å². The quantitative estimate of drug-likeness (QED) is 0.787. The van der Waals surface area contributed by atoms with Crippen LogP contribution >= 0.6 is 23.2 Å². The highest BCUT2D eigenvalue weighted by atomic mass is 35.5. The highest BCUT2D eigenvalue weighted by Crippen LogP contribution is 2.27. The molecule has 0 saturated heterocycles. The minimum Gasteiger partial charge on any atom is -0.496 e. The lowest BCUT2D eigenvalue weighted by Crippen LogP contribution is -2.06. The van der Waals surface area contributed by atoms with Gasteiger partial charge in [0.2, 0.25) is 0 Å². The fourth-order valence-electron chi connectivity index (χ4n) is 1.67. The van der Waals surface area contributed by atoms with E-state index in [-0.39, 0.29) is 16.1 Å². The van der Waals surface area contributed by atoms with Crippen molar-refractivity contribution >= 4 is 29.0 Å². The maximum absolute atomic E-state index is 13.7. The minimum absolute atomic E-state index is 0.118. The van der Waals surface area contributed by atoms with E-state index in [9.17, 15) is 9.18 Å². The molecule has 0 unspecified atom stereocenters. The molecule has 2 aromatic carbocycles. The largest absolute Gasteiger partial charge is 0.496 e. The molecule has 98 valence electrons. The van der Waals surface area contributed by atoms with Crippen molar-refractivity contribution in [2.24, 2.45) is 0 Å². The highest BCUT2D eigenvalue weighted by molar-refractivity contribution is 6.32. The van der Waals surface area contributed by atoms with E-state index in [1.54, 1.807) is 12.1 Å². The molecule has 0 fully saturated rings. The molecule has 0 bridgehead atoms. The molecule has 0 amide bonds. The standard InChI is InChI=1S/C14H9Cl2FO2/c1-19-13-5-3-9(16)7-11(13)14(18)10-6-8(15)2-4-12(10)17/h2-7H,1H3. The maximum Gasteiger partial charge on any atom is 0.199 e. The second-order valence-corrected chi connectivity index (χ2v) is 4.67. The Hall–Kier alpha value is -1.58. The zero-order chi connectivity index (χ0) is 14.0. The Morgan fingerprint density at radius 1 is 1.05 bits per heavy atom. The predicted molar refractivity (Wildman–Crippen MR) is 72.8 cm³/mol. The summed E-state index contributed by atoms with van der Waals surface area (Å²) in [4.78, 5) is 12.3. The van der Waals surface area contributed by atoms with Crippen molar-refractivity contribution in [3.05, 3.63) is 63.4 Å². The van der Waals surface area contributed by atoms with Gasteiger partial charge in [-0.3, -0.25) is 4.79 Å². The van der Waals surface area contributed by atoms with Crippen LogP contribution in [0, 0.1) is 5.82 Å². The van der Waals surface area contributed by atoms with Crippen LogP contribution in [0.4, 0.5) is 4.39 Å². The van der Waals surface area contributed by atoms with Gasteiger partial charge >= 0.3 is 0 Å². The molecule has 0 spiro atoms. The first-order valence-electron chi connectivity index (χ1n) is 5.36. The van der Waals surface area contributed by atoms with E-state index in [4.69, 9.17) is 27.9 Å². The Morgan fingerprint density at radius 2 is 1.63 bits per heavy atom. The SMILES string of the molecule is COc1ccc(Cl)cc1C(=O)c1cc(Cl)ccc1F. The molecule has 0 aliphatic heterocycles. The number of halogens is 3. The van der Waals surface area contributed by atoms with Crippen molar-refractivity contribution in [1.82, 2.24) is 0 Å². The Kier molecular flexibility index (Phi) is 4.08. The molecular formula is C14H9Cl2FO2. The van der Waals surface area contributed by atoms with E-state index in [0.717, 1.165) is 6.07 Å². The lowest BCUT2D eigenvalue weighted by molar-refractivity contribution is 0.103. The molecular weight excluding hydrogens is 290 g/mol. The van der Waals surface area contributed by atoms with Crippen molar-refractivity contribution in [3.8, 4) is 5.75 Å². The number of hydrogen-bond acceptors (Lipinski definition) is 2. The van der Waals surface area contributed by atoms with Gasteiger partial charge in [0.1, 0.15) is 11.6 Å². The summed E-state index contributed by atoms with van der Waals surface area (Å²) in [5.41, 5.74) is 0.0734. The van der Waals surface area contributed by atoms with Gasteiger partial charge in [0, 0.05) is 10.0 Å². The molecule has 2 aromatic rings. The van der Waals surface area contributed by atoms with Crippen LogP contribution in [-0.4, -0.2) is 12.9 Å². The summed E-state index contributed by atoms with van der Waals surface area (Å²) in [6.07, 6.45) is 0. The van der Waals surface area contributed by atoms with Gasteiger partial charge < -0.3 is 4.74 Å². The molecule has 0 aliphatic carbocycles. The first-order valence-corrected chi connectivity index (χ1v) is 6.12. The molecule has 0 heterocycles. The van der Waals surface area contributed by atoms with Crippen molar-refractivity contribution < 1.29 is 13.9 Å². The van der Waals surface area contributed by atoms with Gasteiger partial charge in [-0.05, 0) is 36.4 Å². The summed E-state index contributed by atoms with van der Waals surface area (Å²) in [5, 5.41) is 0.650. The molecule has 2 nitrogen and oxygen atoms in total. The highest BCUT2D eigenvalue weighted by Gasteiger charge is 2.18. The predicted octanol–water partition coefficient (Wildman–Crippen LogP) is 4.37. The van der Waals surface area contributed by atoms with Crippen molar-refractivity contribution in [2.45, 2.75) is 0 Å². The second kappa shape index (κ2) is 5.59. The summed E-state index contributed by atoms with van der Waals surface area (Å²) in [6, 6.07) is 8.38. The van der Waals surface area contributed by atoms with Crippen molar-refractivity contribution in [2.75, 3.05) is 7.11 Å². The van der Waals surface area contributed by atoms with Gasteiger partial charge in [-0.1, -0.05) is 23.2 Å². The number of methoxy groups -OCH3 is 1. The van der Waals surface area contributed by atoms with Crippen molar-refractivity contribution in [3.63, 3.8) is 0 Å². The number of ketones is 1. The Morgan fingerprint density at radius 3 is 2.26 bits per heavy atom. The van der Waals surface area contributed by atoms with E-state index in [1.807, 2.05) is 0 Å². The summed E-state index contributed by atoms with van der Waals surface area (Å²) in [5.74, 6) is -0.843. The van der Waals surface area contributed by atoms with Crippen LogP contribution in [-0.2, 0) is 0 Å². The molecule has 0 saturated carbocycles. The molecule has 5 heteroatoms. The summed E-state index contributed by atoms with van der Waals surface area (Å²) >= 11 is 11.6. The zero-order valence-corrected chi connectivity index (χ0v) is 11.4. The summed E-state index contributed by atoms with van der Waals surface area (Å²) in [6.45, 7) is 0. The fourth-order valence-corrected chi connectivity index (χ4v) is 2.02. The first-order chi connectivity index (χ1) is 9.02. The van der Waals surface area contributed by atoms with Crippen LogP contribution in [0.25, 0.3) is 0 Å². The van der Waals surface area contributed by atoms with Crippen LogP contribution in [0.2, 0.25) is 10.0 Å². The third kappa shape index (κ3) is 2.88. The Bertz CT molecular complexity index is 641. The van der Waals surface area contributed by atoms with Crippen LogP contribution in [0.3, 0.4) is 0 Å². The average Bonchev–Trinajstić information content (AvgIpc) is 2.40. The smallest absolute Gasteiger partial charge is 0.199 e. The van der Waals surface area contributed by atoms with Crippen molar-refractivity contribution in [1.29, 1.82) is 0 Å². The van der Waals surface area contributed by atoms with Crippen LogP contribution in [0.5, 0.6) is 5.75 Å². The number of ether oxygens (including phenoxy) is 1. The number of carbonyl (C=O) groups excluding carboxylic acids is 1. The maximum atomic E-state index is 13.7. The Labute approximate surface area is 119 Å². The van der Waals surface area contributed by atoms with E-state index < -0.39 is 11.6 Å².